The second-order valence-electron chi connectivity index (χ2n) is 4.59. The van der Waals surface area contributed by atoms with Crippen LogP contribution in [0.5, 0.6) is 5.75 Å². The summed E-state index contributed by atoms with van der Waals surface area (Å²) in [5, 5.41) is 25.6. The third-order valence-electron chi connectivity index (χ3n) is 3.00. The summed E-state index contributed by atoms with van der Waals surface area (Å²) in [6.45, 7) is 1.98. The molecule has 0 bridgehead atoms. The molecule has 0 aliphatic carbocycles. The largest absolute Gasteiger partial charge is 0.506 e. The topological polar surface area (TPSA) is 107 Å². The summed E-state index contributed by atoms with van der Waals surface area (Å²) in [7, 11) is 1.56. The van der Waals surface area contributed by atoms with Gasteiger partial charge in [0.15, 0.2) is 6.04 Å². The lowest BCUT2D eigenvalue weighted by Gasteiger charge is -2.05. The molecule has 1 aliphatic rings. The van der Waals surface area contributed by atoms with Crippen LogP contribution in [-0.4, -0.2) is 34.8 Å². The van der Waals surface area contributed by atoms with Gasteiger partial charge in [0.2, 0.25) is 0 Å². The van der Waals surface area contributed by atoms with Crippen molar-refractivity contribution in [3.63, 3.8) is 0 Å². The van der Waals surface area contributed by atoms with E-state index in [1.807, 2.05) is 6.92 Å². The van der Waals surface area contributed by atoms with E-state index in [9.17, 15) is 14.8 Å². The molecule has 8 heteroatoms. The number of hydrogen-bond donors (Lipinski definition) is 1. The Labute approximate surface area is 121 Å². The quantitative estimate of drug-likeness (QED) is 0.665. The number of nitrogens with zero attached hydrogens (tertiary/aromatic N) is 5. The van der Waals surface area contributed by atoms with E-state index in [1.54, 1.807) is 7.05 Å². The van der Waals surface area contributed by atoms with Gasteiger partial charge < -0.3 is 5.11 Å². The van der Waals surface area contributed by atoms with Crippen molar-refractivity contribution < 1.29 is 9.90 Å². The molecule has 1 aromatic carbocycles. The third kappa shape index (κ3) is 3.10. The van der Waals surface area contributed by atoms with E-state index in [-0.39, 0.29) is 23.0 Å². The van der Waals surface area contributed by atoms with Crippen LogP contribution in [0.2, 0.25) is 0 Å². The van der Waals surface area contributed by atoms with Gasteiger partial charge in [-0.1, -0.05) is 13.3 Å². The highest BCUT2D eigenvalue weighted by atomic mass is 16.3. The Morgan fingerprint density at radius 3 is 2.86 bits per heavy atom. The van der Waals surface area contributed by atoms with Crippen LogP contribution in [0.25, 0.3) is 0 Å². The standard InChI is InChI=1S/C13H15N5O3/c1-3-4-9-12(13(20)18(2)16-9)15-14-10-7-8(17-21)5-6-11(10)19/h5-7,12,19H,3-4H2,1-2H3. The van der Waals surface area contributed by atoms with Gasteiger partial charge >= 0.3 is 0 Å². The number of azo groups is 1. The van der Waals surface area contributed by atoms with Gasteiger partial charge in [0, 0.05) is 7.05 Å². The van der Waals surface area contributed by atoms with Crippen molar-refractivity contribution in [2.75, 3.05) is 7.05 Å². The molecule has 1 aromatic rings. The average Bonchev–Trinajstić information content (AvgIpc) is 2.74. The fraction of sp³-hybridized carbons (Fsp3) is 0.385. The first-order valence-electron chi connectivity index (χ1n) is 6.49. The van der Waals surface area contributed by atoms with E-state index < -0.39 is 6.04 Å². The summed E-state index contributed by atoms with van der Waals surface area (Å²) in [4.78, 5) is 22.4. The number of carbonyl (C=O) groups excluding carboxylic acids is 1. The van der Waals surface area contributed by atoms with Crippen LogP contribution in [0.15, 0.2) is 38.7 Å². The maximum atomic E-state index is 11.9. The predicted molar refractivity (Wildman–Crippen MR) is 77.0 cm³/mol. The molecule has 2 rings (SSSR count). The highest BCUT2D eigenvalue weighted by Gasteiger charge is 2.33. The molecule has 0 saturated heterocycles. The molecule has 0 aromatic heterocycles. The summed E-state index contributed by atoms with van der Waals surface area (Å²) in [5.74, 6) is -0.412. The van der Waals surface area contributed by atoms with Crippen LogP contribution < -0.4 is 0 Å². The first-order chi connectivity index (χ1) is 10.1. The van der Waals surface area contributed by atoms with E-state index in [0.29, 0.717) is 12.1 Å². The van der Waals surface area contributed by atoms with Crippen LogP contribution in [-0.2, 0) is 4.79 Å². The van der Waals surface area contributed by atoms with Crippen molar-refractivity contribution in [2.24, 2.45) is 20.5 Å². The Balaban J connectivity index is 2.26. The number of amides is 1. The molecule has 1 unspecified atom stereocenters. The summed E-state index contributed by atoms with van der Waals surface area (Å²) in [5.41, 5.74) is 0.849. The number of benzene rings is 1. The van der Waals surface area contributed by atoms with Crippen LogP contribution >= 0.6 is 0 Å². The van der Waals surface area contributed by atoms with Crippen molar-refractivity contribution in [1.29, 1.82) is 0 Å². The Kier molecular flexibility index (Phi) is 4.36. The van der Waals surface area contributed by atoms with Gasteiger partial charge in [0.25, 0.3) is 5.91 Å². The molecular formula is C13H15N5O3. The first-order valence-corrected chi connectivity index (χ1v) is 6.49. The van der Waals surface area contributed by atoms with Gasteiger partial charge in [-0.3, -0.25) is 4.79 Å². The Hall–Kier alpha value is -2.64. The number of phenols is 1. The number of nitroso groups, excluding NO2 is 1. The molecule has 0 fully saturated rings. The lowest BCUT2D eigenvalue weighted by Crippen LogP contribution is -2.28. The molecule has 1 N–H and O–H groups in total. The minimum atomic E-state index is -0.776. The SMILES string of the molecule is CCCC1=NN(C)C(=O)C1N=Nc1cc(N=O)ccc1O. The normalized spacial score (nSPS) is 18.4. The second-order valence-corrected chi connectivity index (χ2v) is 4.59. The van der Waals surface area contributed by atoms with Gasteiger partial charge in [0.05, 0.1) is 5.71 Å². The minimum Gasteiger partial charge on any atom is -0.506 e. The number of rotatable bonds is 5. The van der Waals surface area contributed by atoms with E-state index in [1.165, 1.54) is 23.2 Å². The molecular weight excluding hydrogens is 274 g/mol. The smallest absolute Gasteiger partial charge is 0.275 e. The maximum Gasteiger partial charge on any atom is 0.275 e. The first kappa shape index (κ1) is 14.8. The van der Waals surface area contributed by atoms with E-state index in [4.69, 9.17) is 0 Å². The molecule has 0 saturated carbocycles. The summed E-state index contributed by atoms with van der Waals surface area (Å²) in [6.07, 6.45) is 1.48. The van der Waals surface area contributed by atoms with Crippen molar-refractivity contribution in [3.8, 4) is 5.75 Å². The number of phenolic OH excluding ortho intramolecular Hbond substituents is 1. The summed E-state index contributed by atoms with van der Waals surface area (Å²) < 4.78 is 0. The number of carbonyl (C=O) groups is 1. The predicted octanol–water partition coefficient (Wildman–Crippen LogP) is 2.87. The molecule has 8 nitrogen and oxygen atoms in total. The molecule has 21 heavy (non-hydrogen) atoms. The van der Waals surface area contributed by atoms with Gasteiger partial charge in [-0.25, -0.2) is 5.01 Å². The summed E-state index contributed by atoms with van der Waals surface area (Å²) >= 11 is 0. The minimum absolute atomic E-state index is 0.0882. The van der Waals surface area contributed by atoms with E-state index >= 15 is 0 Å². The zero-order valence-electron chi connectivity index (χ0n) is 11.7. The number of hydrogen-bond acceptors (Lipinski definition) is 7. The number of hydrazone groups is 1. The third-order valence-corrected chi connectivity index (χ3v) is 3.00. The lowest BCUT2D eigenvalue weighted by molar-refractivity contribution is -0.128. The van der Waals surface area contributed by atoms with Crippen LogP contribution in [0.4, 0.5) is 11.4 Å². The Morgan fingerprint density at radius 2 is 2.19 bits per heavy atom. The molecule has 0 radical (unpaired) electrons. The van der Waals surface area contributed by atoms with E-state index in [0.717, 1.165) is 6.42 Å². The zero-order chi connectivity index (χ0) is 15.4. The number of aromatic hydroxyl groups is 1. The average molecular weight is 289 g/mol. The summed E-state index contributed by atoms with van der Waals surface area (Å²) in [6, 6.07) is 3.18. The van der Waals surface area contributed by atoms with Crippen molar-refractivity contribution in [2.45, 2.75) is 25.8 Å². The van der Waals surface area contributed by atoms with Crippen LogP contribution in [0, 0.1) is 4.91 Å². The van der Waals surface area contributed by atoms with Crippen LogP contribution in [0.1, 0.15) is 19.8 Å². The molecule has 1 heterocycles. The molecule has 1 amide bonds. The fourth-order valence-electron chi connectivity index (χ4n) is 1.94. The van der Waals surface area contributed by atoms with E-state index in [2.05, 4.69) is 20.5 Å². The molecule has 110 valence electrons. The van der Waals surface area contributed by atoms with Crippen molar-refractivity contribution in [1.82, 2.24) is 5.01 Å². The van der Waals surface area contributed by atoms with Crippen molar-refractivity contribution >= 4 is 23.0 Å². The lowest BCUT2D eigenvalue weighted by atomic mass is 10.1. The van der Waals surface area contributed by atoms with Gasteiger partial charge in [-0.2, -0.15) is 15.3 Å². The van der Waals surface area contributed by atoms with Gasteiger partial charge in [-0.15, -0.1) is 4.91 Å². The molecule has 0 spiro atoms. The fourth-order valence-corrected chi connectivity index (χ4v) is 1.94. The van der Waals surface area contributed by atoms with Gasteiger partial charge in [0.1, 0.15) is 17.1 Å². The monoisotopic (exact) mass is 289 g/mol. The van der Waals surface area contributed by atoms with Crippen LogP contribution in [0.3, 0.4) is 0 Å². The molecule has 1 atom stereocenters. The second kappa shape index (κ2) is 6.21. The van der Waals surface area contributed by atoms with Crippen molar-refractivity contribution in [3.05, 3.63) is 23.1 Å². The zero-order valence-corrected chi connectivity index (χ0v) is 11.7. The van der Waals surface area contributed by atoms with Gasteiger partial charge in [-0.05, 0) is 29.8 Å². The highest BCUT2D eigenvalue weighted by Crippen LogP contribution is 2.31. The molecule has 1 aliphatic heterocycles. The number of likely N-dealkylation sites (N-methyl/N-ethyl adjacent to an activating group) is 1. The Bertz CT molecular complexity index is 626. The Morgan fingerprint density at radius 1 is 1.43 bits per heavy atom. The highest BCUT2D eigenvalue weighted by molar-refractivity contribution is 6.11. The maximum absolute atomic E-state index is 11.9.